The van der Waals surface area contributed by atoms with E-state index < -0.39 is 4.92 Å². The third-order valence-electron chi connectivity index (χ3n) is 4.51. The maximum Gasteiger partial charge on any atom is 0.280 e. The minimum absolute atomic E-state index is 0.189. The van der Waals surface area contributed by atoms with Crippen molar-refractivity contribution in [2.24, 2.45) is 0 Å². The van der Waals surface area contributed by atoms with Crippen molar-refractivity contribution in [1.29, 1.82) is 0 Å². The molecule has 148 valence electrons. The Hall–Kier alpha value is -3.87. The van der Waals surface area contributed by atoms with Gasteiger partial charge in [0.2, 0.25) is 0 Å². The molecule has 0 fully saturated rings. The Balaban J connectivity index is 2.04. The molecule has 0 aromatic heterocycles. The number of ketones is 1. The van der Waals surface area contributed by atoms with Gasteiger partial charge in [-0.05, 0) is 35.7 Å². The van der Waals surface area contributed by atoms with Gasteiger partial charge in [-0.2, -0.15) is 0 Å². The average Bonchev–Trinajstić information content (AvgIpc) is 2.75. The predicted octanol–water partition coefficient (Wildman–Crippen LogP) is 4.67. The molecule has 0 spiro atoms. The van der Waals surface area contributed by atoms with Gasteiger partial charge >= 0.3 is 0 Å². The number of ether oxygens (including phenoxy) is 3. The van der Waals surface area contributed by atoms with Gasteiger partial charge in [-0.1, -0.05) is 24.3 Å². The second-order valence-electron chi connectivity index (χ2n) is 6.08. The summed E-state index contributed by atoms with van der Waals surface area (Å²) in [6.45, 7) is 0. The lowest BCUT2D eigenvalue weighted by Gasteiger charge is -2.09. The summed E-state index contributed by atoms with van der Waals surface area (Å²) < 4.78 is 15.7. The summed E-state index contributed by atoms with van der Waals surface area (Å²) >= 11 is 0. The molecule has 0 saturated carbocycles. The SMILES string of the molecule is COc1cc(/C=C/C(=O)c2ccc(OC)c3ccccc23)c([N+](=O)[O-])cc1OC. The van der Waals surface area contributed by atoms with Gasteiger partial charge in [-0.3, -0.25) is 14.9 Å². The lowest BCUT2D eigenvalue weighted by Crippen LogP contribution is -1.99. The van der Waals surface area contributed by atoms with Crippen LogP contribution in [-0.4, -0.2) is 32.0 Å². The zero-order valence-corrected chi connectivity index (χ0v) is 16.2. The van der Waals surface area contributed by atoms with E-state index in [1.165, 1.54) is 38.5 Å². The molecule has 0 radical (unpaired) electrons. The van der Waals surface area contributed by atoms with Crippen molar-refractivity contribution in [3.63, 3.8) is 0 Å². The van der Waals surface area contributed by atoms with Crippen LogP contribution in [0, 0.1) is 10.1 Å². The van der Waals surface area contributed by atoms with Crippen LogP contribution in [0.4, 0.5) is 5.69 Å². The van der Waals surface area contributed by atoms with E-state index in [4.69, 9.17) is 14.2 Å². The predicted molar refractivity (Wildman–Crippen MR) is 110 cm³/mol. The van der Waals surface area contributed by atoms with E-state index in [0.717, 1.165) is 10.8 Å². The fourth-order valence-electron chi connectivity index (χ4n) is 3.10. The largest absolute Gasteiger partial charge is 0.496 e. The zero-order valence-electron chi connectivity index (χ0n) is 16.2. The second-order valence-corrected chi connectivity index (χ2v) is 6.08. The number of methoxy groups -OCH3 is 3. The maximum absolute atomic E-state index is 12.8. The lowest BCUT2D eigenvalue weighted by molar-refractivity contribution is -0.385. The van der Waals surface area contributed by atoms with Crippen LogP contribution in [0.5, 0.6) is 17.2 Å². The molecule has 3 rings (SSSR count). The molecule has 0 aliphatic rings. The Kier molecular flexibility index (Phi) is 5.78. The van der Waals surface area contributed by atoms with Crippen LogP contribution in [0.2, 0.25) is 0 Å². The van der Waals surface area contributed by atoms with Gasteiger partial charge in [0, 0.05) is 10.9 Å². The molecule has 29 heavy (non-hydrogen) atoms. The highest BCUT2D eigenvalue weighted by Gasteiger charge is 2.18. The standard InChI is InChI=1S/C22H19NO6/c1-27-20-11-9-16(15-6-4-5-7-17(15)20)19(24)10-8-14-12-21(28-2)22(29-3)13-18(14)23(25)26/h4-13H,1-3H3/b10-8+. The summed E-state index contributed by atoms with van der Waals surface area (Å²) in [7, 11) is 4.40. The number of hydrogen-bond donors (Lipinski definition) is 0. The summed E-state index contributed by atoms with van der Waals surface area (Å²) in [4.78, 5) is 23.7. The van der Waals surface area contributed by atoms with E-state index in [1.54, 1.807) is 19.2 Å². The molecule has 0 atom stereocenters. The summed E-state index contributed by atoms with van der Waals surface area (Å²) in [5.41, 5.74) is 0.519. The van der Waals surface area contributed by atoms with Crippen molar-refractivity contribution in [3.05, 3.63) is 75.8 Å². The van der Waals surface area contributed by atoms with Crippen molar-refractivity contribution >= 4 is 28.3 Å². The van der Waals surface area contributed by atoms with Crippen LogP contribution in [0.3, 0.4) is 0 Å². The van der Waals surface area contributed by atoms with Crippen LogP contribution >= 0.6 is 0 Å². The van der Waals surface area contributed by atoms with E-state index in [2.05, 4.69) is 0 Å². The molecular weight excluding hydrogens is 374 g/mol. The second kappa shape index (κ2) is 8.43. The molecule has 0 heterocycles. The number of carbonyl (C=O) groups excluding carboxylic acids is 1. The maximum atomic E-state index is 12.8. The smallest absolute Gasteiger partial charge is 0.280 e. The molecule has 0 aliphatic heterocycles. The van der Waals surface area contributed by atoms with E-state index in [1.807, 2.05) is 24.3 Å². The van der Waals surface area contributed by atoms with E-state index in [9.17, 15) is 14.9 Å². The van der Waals surface area contributed by atoms with Crippen molar-refractivity contribution in [3.8, 4) is 17.2 Å². The third kappa shape index (κ3) is 3.89. The van der Waals surface area contributed by atoms with Crippen molar-refractivity contribution in [1.82, 2.24) is 0 Å². The van der Waals surface area contributed by atoms with Crippen molar-refractivity contribution in [2.45, 2.75) is 0 Å². The van der Waals surface area contributed by atoms with E-state index in [-0.39, 0.29) is 22.8 Å². The first-order chi connectivity index (χ1) is 14.0. The molecule has 3 aromatic carbocycles. The molecule has 0 N–H and O–H groups in total. The van der Waals surface area contributed by atoms with Gasteiger partial charge in [0.05, 0.1) is 37.9 Å². The number of nitro groups is 1. The Bertz CT molecular complexity index is 1120. The third-order valence-corrected chi connectivity index (χ3v) is 4.51. The van der Waals surface area contributed by atoms with Crippen molar-refractivity contribution in [2.75, 3.05) is 21.3 Å². The van der Waals surface area contributed by atoms with Gasteiger partial charge in [0.1, 0.15) is 5.75 Å². The van der Waals surface area contributed by atoms with Gasteiger partial charge in [-0.25, -0.2) is 0 Å². The number of hydrogen-bond acceptors (Lipinski definition) is 6. The molecule has 7 nitrogen and oxygen atoms in total. The highest BCUT2D eigenvalue weighted by Crippen LogP contribution is 2.35. The van der Waals surface area contributed by atoms with Gasteiger partial charge in [0.15, 0.2) is 17.3 Å². The number of carbonyl (C=O) groups is 1. The van der Waals surface area contributed by atoms with Crippen molar-refractivity contribution < 1.29 is 23.9 Å². The molecule has 0 amide bonds. The Morgan fingerprint density at radius 3 is 2.14 bits per heavy atom. The van der Waals surface area contributed by atoms with Gasteiger partial charge in [-0.15, -0.1) is 0 Å². The zero-order chi connectivity index (χ0) is 21.0. The number of benzene rings is 3. The number of fused-ring (bicyclic) bond motifs is 1. The van der Waals surface area contributed by atoms with Gasteiger partial charge < -0.3 is 14.2 Å². The Morgan fingerprint density at radius 2 is 1.52 bits per heavy atom. The molecule has 0 aliphatic carbocycles. The Morgan fingerprint density at radius 1 is 0.897 bits per heavy atom. The van der Waals surface area contributed by atoms with Crippen LogP contribution in [0.1, 0.15) is 15.9 Å². The van der Waals surface area contributed by atoms with Crippen LogP contribution in [0.15, 0.2) is 54.6 Å². The monoisotopic (exact) mass is 393 g/mol. The van der Waals surface area contributed by atoms with Crippen LogP contribution in [0.25, 0.3) is 16.8 Å². The lowest BCUT2D eigenvalue weighted by atomic mass is 9.99. The molecule has 7 heteroatoms. The number of nitrogens with zero attached hydrogens (tertiary/aromatic N) is 1. The first-order valence-electron chi connectivity index (χ1n) is 8.68. The van der Waals surface area contributed by atoms with Crippen LogP contribution < -0.4 is 14.2 Å². The minimum Gasteiger partial charge on any atom is -0.496 e. The first-order valence-corrected chi connectivity index (χ1v) is 8.68. The summed E-state index contributed by atoms with van der Waals surface area (Å²) in [5, 5.41) is 13.0. The summed E-state index contributed by atoms with van der Waals surface area (Å²) in [5.74, 6) is 0.952. The Labute approximate surface area is 167 Å². The molecule has 0 unspecified atom stereocenters. The molecule has 0 bridgehead atoms. The molecule has 3 aromatic rings. The minimum atomic E-state index is -0.533. The van der Waals surface area contributed by atoms with Gasteiger partial charge in [0.25, 0.3) is 5.69 Å². The first kappa shape index (κ1) is 19.9. The highest BCUT2D eigenvalue weighted by atomic mass is 16.6. The quantitative estimate of drug-likeness (QED) is 0.251. The fraction of sp³-hybridized carbons (Fsp3) is 0.136. The fourth-order valence-corrected chi connectivity index (χ4v) is 3.10. The number of allylic oxidation sites excluding steroid dienone is 1. The highest BCUT2D eigenvalue weighted by molar-refractivity contribution is 6.15. The molecule has 0 saturated heterocycles. The number of rotatable bonds is 7. The topological polar surface area (TPSA) is 87.9 Å². The number of nitro benzene ring substituents is 1. The normalized spacial score (nSPS) is 10.9. The van der Waals surface area contributed by atoms with E-state index in [0.29, 0.717) is 17.1 Å². The molecular formula is C22H19NO6. The summed E-state index contributed by atoms with van der Waals surface area (Å²) in [6.07, 6.45) is 2.71. The average molecular weight is 393 g/mol. The summed E-state index contributed by atoms with van der Waals surface area (Å²) in [6, 6.07) is 13.5. The van der Waals surface area contributed by atoms with Crippen LogP contribution in [-0.2, 0) is 0 Å². The van der Waals surface area contributed by atoms with E-state index >= 15 is 0 Å².